The van der Waals surface area contributed by atoms with Gasteiger partial charge in [-0.25, -0.2) is 4.39 Å². The molecule has 18 heavy (non-hydrogen) atoms. The molecule has 0 aliphatic rings. The van der Waals surface area contributed by atoms with Gasteiger partial charge in [0.2, 0.25) is 0 Å². The lowest BCUT2D eigenvalue weighted by Crippen LogP contribution is -2.11. The first-order chi connectivity index (χ1) is 8.56. The van der Waals surface area contributed by atoms with Crippen molar-refractivity contribution in [3.8, 4) is 0 Å². The van der Waals surface area contributed by atoms with E-state index < -0.39 is 0 Å². The Labute approximate surface area is 110 Å². The van der Waals surface area contributed by atoms with Gasteiger partial charge in [-0.2, -0.15) is 0 Å². The van der Waals surface area contributed by atoms with Crippen LogP contribution in [0.1, 0.15) is 11.1 Å². The summed E-state index contributed by atoms with van der Waals surface area (Å²) >= 11 is 1.36. The molecule has 0 atom stereocenters. The predicted molar refractivity (Wildman–Crippen MR) is 72.7 cm³/mol. The molecule has 0 aliphatic heterocycles. The Morgan fingerprint density at radius 3 is 2.39 bits per heavy atom. The minimum absolute atomic E-state index is 0.124. The molecule has 0 amide bonds. The number of halogens is 1. The molecule has 2 nitrogen and oxygen atoms in total. The van der Waals surface area contributed by atoms with Gasteiger partial charge in [0.05, 0.1) is 0 Å². The molecule has 0 spiro atoms. The summed E-state index contributed by atoms with van der Waals surface area (Å²) in [7, 11) is 0. The molecule has 2 aromatic carbocycles. The van der Waals surface area contributed by atoms with Crippen molar-refractivity contribution in [2.45, 2.75) is 16.7 Å². The van der Waals surface area contributed by atoms with Crippen LogP contribution in [0.5, 0.6) is 0 Å². The number of amidine groups is 1. The fourth-order valence-electron chi connectivity index (χ4n) is 1.48. The molecular formula is C14H13FN2S. The van der Waals surface area contributed by atoms with Crippen LogP contribution in [0, 0.1) is 18.2 Å². The SMILES string of the molecule is Cc1ccc(Sc2ccc(C(=N)N)cc2F)cc1. The molecule has 0 saturated carbocycles. The molecule has 2 rings (SSSR count). The van der Waals surface area contributed by atoms with Crippen molar-refractivity contribution in [1.82, 2.24) is 0 Å². The van der Waals surface area contributed by atoms with Crippen LogP contribution in [0.3, 0.4) is 0 Å². The molecule has 0 unspecified atom stereocenters. The fourth-order valence-corrected chi connectivity index (χ4v) is 2.30. The zero-order chi connectivity index (χ0) is 13.1. The predicted octanol–water partition coefficient (Wildman–Crippen LogP) is 3.57. The average Bonchev–Trinajstić information content (AvgIpc) is 2.34. The number of benzene rings is 2. The number of hydrogen-bond donors (Lipinski definition) is 2. The van der Waals surface area contributed by atoms with E-state index in [1.54, 1.807) is 12.1 Å². The molecule has 0 radical (unpaired) electrons. The Balaban J connectivity index is 2.24. The van der Waals surface area contributed by atoms with E-state index >= 15 is 0 Å². The van der Waals surface area contributed by atoms with Crippen LogP contribution in [0.15, 0.2) is 52.3 Å². The van der Waals surface area contributed by atoms with Crippen molar-refractivity contribution >= 4 is 17.6 Å². The second kappa shape index (κ2) is 5.23. The molecule has 0 saturated heterocycles. The van der Waals surface area contributed by atoms with Gasteiger partial charge in [-0.05, 0) is 37.3 Å². The molecular weight excluding hydrogens is 247 g/mol. The van der Waals surface area contributed by atoms with Gasteiger partial charge < -0.3 is 5.73 Å². The van der Waals surface area contributed by atoms with Crippen molar-refractivity contribution < 1.29 is 4.39 Å². The van der Waals surface area contributed by atoms with E-state index in [0.29, 0.717) is 10.5 Å². The highest BCUT2D eigenvalue weighted by molar-refractivity contribution is 7.99. The van der Waals surface area contributed by atoms with Crippen molar-refractivity contribution in [2.24, 2.45) is 5.73 Å². The summed E-state index contributed by atoms with van der Waals surface area (Å²) in [6.07, 6.45) is 0. The van der Waals surface area contributed by atoms with Crippen LogP contribution >= 0.6 is 11.8 Å². The molecule has 92 valence electrons. The maximum atomic E-state index is 13.8. The second-order valence-electron chi connectivity index (χ2n) is 3.97. The molecule has 0 aromatic heterocycles. The standard InChI is InChI=1S/C14H13FN2S/c1-9-2-5-11(6-3-9)18-13-7-4-10(14(16)17)8-12(13)15/h2-8H,1H3,(H3,16,17). The average molecular weight is 260 g/mol. The first-order valence-corrected chi connectivity index (χ1v) is 6.26. The summed E-state index contributed by atoms with van der Waals surface area (Å²) in [4.78, 5) is 1.51. The third-order valence-corrected chi connectivity index (χ3v) is 3.55. The highest BCUT2D eigenvalue weighted by Gasteiger charge is 2.06. The van der Waals surface area contributed by atoms with E-state index in [1.807, 2.05) is 31.2 Å². The smallest absolute Gasteiger partial charge is 0.137 e. The molecule has 0 heterocycles. The van der Waals surface area contributed by atoms with Gasteiger partial charge in [0.1, 0.15) is 11.7 Å². The highest BCUT2D eigenvalue weighted by Crippen LogP contribution is 2.30. The number of nitrogen functional groups attached to an aromatic ring is 1. The van der Waals surface area contributed by atoms with E-state index in [4.69, 9.17) is 11.1 Å². The summed E-state index contributed by atoms with van der Waals surface area (Å²) in [6, 6.07) is 12.5. The Bertz CT molecular complexity index is 579. The third kappa shape index (κ3) is 2.90. The van der Waals surface area contributed by atoms with Gasteiger partial charge in [-0.15, -0.1) is 0 Å². The van der Waals surface area contributed by atoms with Crippen LogP contribution in [-0.2, 0) is 0 Å². The zero-order valence-corrected chi connectivity index (χ0v) is 10.7. The number of rotatable bonds is 3. The van der Waals surface area contributed by atoms with E-state index in [-0.39, 0.29) is 11.7 Å². The van der Waals surface area contributed by atoms with Gasteiger partial charge in [0, 0.05) is 15.4 Å². The lowest BCUT2D eigenvalue weighted by molar-refractivity contribution is 0.601. The summed E-state index contributed by atoms with van der Waals surface area (Å²) in [5.41, 5.74) is 6.89. The molecule has 2 aromatic rings. The summed E-state index contributed by atoms with van der Waals surface area (Å²) in [5, 5.41) is 7.25. The number of nitrogens with one attached hydrogen (secondary N) is 1. The Hall–Kier alpha value is -1.81. The molecule has 4 heteroatoms. The minimum atomic E-state index is -0.353. The summed E-state index contributed by atoms with van der Waals surface area (Å²) in [5.74, 6) is -0.478. The summed E-state index contributed by atoms with van der Waals surface area (Å²) in [6.45, 7) is 2.01. The minimum Gasteiger partial charge on any atom is -0.384 e. The van der Waals surface area contributed by atoms with Gasteiger partial charge >= 0.3 is 0 Å². The molecule has 0 fully saturated rings. The zero-order valence-electron chi connectivity index (χ0n) is 9.91. The van der Waals surface area contributed by atoms with Crippen LogP contribution in [0.2, 0.25) is 0 Å². The maximum Gasteiger partial charge on any atom is 0.137 e. The van der Waals surface area contributed by atoms with Gasteiger partial charge in [0.25, 0.3) is 0 Å². The van der Waals surface area contributed by atoms with E-state index in [9.17, 15) is 4.39 Å². The van der Waals surface area contributed by atoms with Crippen molar-refractivity contribution in [3.63, 3.8) is 0 Å². The monoisotopic (exact) mass is 260 g/mol. The van der Waals surface area contributed by atoms with Crippen LogP contribution in [-0.4, -0.2) is 5.84 Å². The largest absolute Gasteiger partial charge is 0.384 e. The number of hydrogen-bond acceptors (Lipinski definition) is 2. The Morgan fingerprint density at radius 2 is 1.83 bits per heavy atom. The van der Waals surface area contributed by atoms with Crippen molar-refractivity contribution in [1.29, 1.82) is 5.41 Å². The highest BCUT2D eigenvalue weighted by atomic mass is 32.2. The summed E-state index contributed by atoms with van der Waals surface area (Å²) < 4.78 is 13.8. The van der Waals surface area contributed by atoms with Crippen LogP contribution in [0.4, 0.5) is 4.39 Å². The third-order valence-electron chi connectivity index (χ3n) is 2.49. The Kier molecular flexibility index (Phi) is 3.67. The van der Waals surface area contributed by atoms with E-state index in [1.165, 1.54) is 23.4 Å². The number of aryl methyl sites for hydroxylation is 1. The molecule has 3 N–H and O–H groups in total. The first kappa shape index (κ1) is 12.6. The van der Waals surface area contributed by atoms with Crippen molar-refractivity contribution in [2.75, 3.05) is 0 Å². The lowest BCUT2D eigenvalue weighted by Gasteiger charge is -2.05. The van der Waals surface area contributed by atoms with Crippen molar-refractivity contribution in [3.05, 3.63) is 59.4 Å². The van der Waals surface area contributed by atoms with Gasteiger partial charge in [-0.3, -0.25) is 5.41 Å². The quantitative estimate of drug-likeness (QED) is 0.654. The second-order valence-corrected chi connectivity index (χ2v) is 5.09. The van der Waals surface area contributed by atoms with E-state index in [0.717, 1.165) is 4.90 Å². The van der Waals surface area contributed by atoms with Gasteiger partial charge in [-0.1, -0.05) is 29.5 Å². The number of nitrogens with two attached hydrogens (primary N) is 1. The fraction of sp³-hybridized carbons (Fsp3) is 0.0714. The van der Waals surface area contributed by atoms with Crippen LogP contribution in [0.25, 0.3) is 0 Å². The normalized spacial score (nSPS) is 10.3. The molecule has 0 bridgehead atoms. The molecule has 0 aliphatic carbocycles. The van der Waals surface area contributed by atoms with Gasteiger partial charge in [0.15, 0.2) is 0 Å². The van der Waals surface area contributed by atoms with E-state index in [2.05, 4.69) is 0 Å². The van der Waals surface area contributed by atoms with Crippen LogP contribution < -0.4 is 5.73 Å². The topological polar surface area (TPSA) is 49.9 Å². The Morgan fingerprint density at radius 1 is 1.17 bits per heavy atom. The lowest BCUT2D eigenvalue weighted by atomic mass is 10.2. The maximum absolute atomic E-state index is 13.8. The first-order valence-electron chi connectivity index (χ1n) is 5.45.